The Morgan fingerprint density at radius 3 is 1.61 bits per heavy atom. The molecule has 41 heavy (non-hydrogen) atoms. The Morgan fingerprint density at radius 2 is 1.15 bits per heavy atom. The Kier molecular flexibility index (Phi) is 21.8. The molecule has 1 aliphatic heterocycles. The van der Waals surface area contributed by atoms with E-state index in [0.717, 1.165) is 0 Å². The molecule has 238 valence electrons. The van der Waals surface area contributed by atoms with Gasteiger partial charge in [-0.05, 0) is 6.26 Å². The highest BCUT2D eigenvalue weighted by Gasteiger charge is 2.21. The number of thioether (sulfide) groups is 1. The standard InChI is InChI=1S/C27H50N4O9S/c1-23(2)24(32)20-29-6-8-30(9-11-31(10-7-29)22-26(34)35)21-25(33)28-5-13-38-15-17-40-19-18-39-16-14-37-12-4-27(36)41-3/h23H,4-22H2,1-3H3,(H,28,33)(H,34,35). The number of nitrogens with zero attached hydrogens (tertiary/aromatic N) is 3. The van der Waals surface area contributed by atoms with Gasteiger partial charge in [0.15, 0.2) is 5.12 Å². The smallest absolute Gasteiger partial charge is 0.317 e. The zero-order valence-electron chi connectivity index (χ0n) is 25.0. The van der Waals surface area contributed by atoms with Crippen LogP contribution in [-0.2, 0) is 38.1 Å². The molecule has 1 aliphatic rings. The van der Waals surface area contributed by atoms with E-state index in [1.165, 1.54) is 11.8 Å². The van der Waals surface area contributed by atoms with Gasteiger partial charge in [0.05, 0.1) is 72.5 Å². The third-order valence-electron chi connectivity index (χ3n) is 6.31. The number of rotatable bonds is 22. The summed E-state index contributed by atoms with van der Waals surface area (Å²) in [7, 11) is 0. The van der Waals surface area contributed by atoms with Crippen LogP contribution in [0.1, 0.15) is 20.3 Å². The quantitative estimate of drug-likeness (QED) is 0.155. The number of aliphatic carboxylic acids is 1. The Hall–Kier alpha value is -1.65. The summed E-state index contributed by atoms with van der Waals surface area (Å²) in [5.74, 6) is -0.936. The van der Waals surface area contributed by atoms with Gasteiger partial charge in [-0.15, -0.1) is 0 Å². The molecule has 0 spiro atoms. The molecule has 1 saturated heterocycles. The van der Waals surface area contributed by atoms with Crippen LogP contribution in [0.3, 0.4) is 0 Å². The molecular formula is C27H50N4O9S. The predicted octanol–water partition coefficient (Wildman–Crippen LogP) is -0.322. The number of carboxylic acids is 1. The van der Waals surface area contributed by atoms with E-state index in [-0.39, 0.29) is 35.8 Å². The largest absolute Gasteiger partial charge is 0.480 e. The zero-order chi connectivity index (χ0) is 30.3. The summed E-state index contributed by atoms with van der Waals surface area (Å²) in [6, 6.07) is 0. The minimum Gasteiger partial charge on any atom is -0.480 e. The number of hydrogen-bond acceptors (Lipinski definition) is 12. The number of Topliss-reactive ketones (excluding diaryl/α,β-unsaturated/α-hetero) is 1. The first-order valence-corrected chi connectivity index (χ1v) is 15.5. The van der Waals surface area contributed by atoms with Gasteiger partial charge in [0.1, 0.15) is 5.78 Å². The van der Waals surface area contributed by atoms with Crippen molar-refractivity contribution in [2.45, 2.75) is 20.3 Å². The SMILES string of the molecule is CSC(=O)CCOCCOCCOCCOCCNC(=O)CN1CCN(CC(=O)O)CCN(CC(=O)C(C)C)CC1. The fraction of sp³-hybridized carbons (Fsp3) is 0.852. The Bertz CT molecular complexity index is 760. The fourth-order valence-electron chi connectivity index (χ4n) is 3.79. The first-order chi connectivity index (χ1) is 19.7. The van der Waals surface area contributed by atoms with Gasteiger partial charge >= 0.3 is 5.97 Å². The summed E-state index contributed by atoms with van der Waals surface area (Å²) in [5.41, 5.74) is 0. The number of ketones is 1. The van der Waals surface area contributed by atoms with Crippen LogP contribution in [0.4, 0.5) is 0 Å². The van der Waals surface area contributed by atoms with Crippen molar-refractivity contribution in [1.29, 1.82) is 0 Å². The lowest BCUT2D eigenvalue weighted by atomic mass is 10.1. The lowest BCUT2D eigenvalue weighted by molar-refractivity contribution is -0.138. The molecule has 0 unspecified atom stereocenters. The molecule has 0 aromatic heterocycles. The molecule has 0 radical (unpaired) electrons. The van der Waals surface area contributed by atoms with Gasteiger partial charge in [-0.2, -0.15) is 0 Å². The highest BCUT2D eigenvalue weighted by atomic mass is 32.2. The first-order valence-electron chi connectivity index (χ1n) is 14.3. The molecule has 1 heterocycles. The van der Waals surface area contributed by atoms with E-state index in [1.807, 2.05) is 28.5 Å². The second-order valence-corrected chi connectivity index (χ2v) is 10.8. The van der Waals surface area contributed by atoms with Crippen molar-refractivity contribution in [3.8, 4) is 0 Å². The number of carboxylic acid groups (broad SMARTS) is 1. The number of amides is 1. The zero-order valence-corrected chi connectivity index (χ0v) is 25.8. The molecule has 2 N–H and O–H groups in total. The second kappa shape index (κ2) is 23.9. The lowest BCUT2D eigenvalue weighted by Crippen LogP contribution is -2.44. The van der Waals surface area contributed by atoms with Crippen LogP contribution in [0.25, 0.3) is 0 Å². The number of hydrogen-bond donors (Lipinski definition) is 2. The second-order valence-electron chi connectivity index (χ2n) is 9.97. The van der Waals surface area contributed by atoms with E-state index in [0.29, 0.717) is 112 Å². The van der Waals surface area contributed by atoms with E-state index < -0.39 is 5.97 Å². The van der Waals surface area contributed by atoms with Gasteiger partial charge in [0.2, 0.25) is 5.91 Å². The average Bonchev–Trinajstić information content (AvgIpc) is 3.01. The van der Waals surface area contributed by atoms with Crippen LogP contribution in [-0.4, -0.2) is 167 Å². The summed E-state index contributed by atoms with van der Waals surface area (Å²) in [6.07, 6.45) is 2.16. The molecular weight excluding hydrogens is 556 g/mol. The Balaban J connectivity index is 2.17. The minimum atomic E-state index is -0.893. The summed E-state index contributed by atoms with van der Waals surface area (Å²) in [5, 5.41) is 12.2. The van der Waals surface area contributed by atoms with E-state index in [1.54, 1.807) is 6.26 Å². The molecule has 1 amide bonds. The molecule has 0 atom stereocenters. The van der Waals surface area contributed by atoms with E-state index in [9.17, 15) is 24.3 Å². The van der Waals surface area contributed by atoms with E-state index in [4.69, 9.17) is 18.9 Å². The molecule has 1 fully saturated rings. The van der Waals surface area contributed by atoms with Crippen molar-refractivity contribution in [2.24, 2.45) is 5.92 Å². The van der Waals surface area contributed by atoms with Crippen molar-refractivity contribution >= 4 is 34.5 Å². The van der Waals surface area contributed by atoms with E-state index in [2.05, 4.69) is 5.32 Å². The van der Waals surface area contributed by atoms with Gasteiger partial charge in [-0.25, -0.2) is 0 Å². The molecule has 0 saturated carbocycles. The van der Waals surface area contributed by atoms with Crippen LogP contribution in [0.15, 0.2) is 0 Å². The maximum Gasteiger partial charge on any atom is 0.317 e. The predicted molar refractivity (Wildman–Crippen MR) is 156 cm³/mol. The van der Waals surface area contributed by atoms with E-state index >= 15 is 0 Å². The van der Waals surface area contributed by atoms with Crippen LogP contribution in [0.2, 0.25) is 0 Å². The van der Waals surface area contributed by atoms with Gasteiger partial charge in [-0.3, -0.25) is 33.9 Å². The number of carbonyl (C=O) groups is 4. The first kappa shape index (κ1) is 37.4. The molecule has 0 aromatic rings. The fourth-order valence-corrected chi connectivity index (χ4v) is 4.08. The van der Waals surface area contributed by atoms with Crippen LogP contribution in [0.5, 0.6) is 0 Å². The highest BCUT2D eigenvalue weighted by molar-refractivity contribution is 8.13. The molecule has 14 heteroatoms. The number of ether oxygens (including phenoxy) is 4. The number of nitrogens with one attached hydrogen (secondary N) is 1. The normalized spacial score (nSPS) is 15.8. The summed E-state index contributed by atoms with van der Waals surface area (Å²) in [6.45, 7) is 11.4. The van der Waals surface area contributed by atoms with Crippen LogP contribution >= 0.6 is 11.8 Å². The number of carbonyl (C=O) groups excluding carboxylic acids is 3. The van der Waals surface area contributed by atoms with Crippen molar-refractivity contribution in [3.05, 3.63) is 0 Å². The van der Waals surface area contributed by atoms with Crippen molar-refractivity contribution in [1.82, 2.24) is 20.0 Å². The molecule has 1 rings (SSSR count). The monoisotopic (exact) mass is 606 g/mol. The lowest BCUT2D eigenvalue weighted by Gasteiger charge is -2.25. The minimum absolute atomic E-state index is 0.0622. The molecule has 0 aromatic carbocycles. The highest BCUT2D eigenvalue weighted by Crippen LogP contribution is 2.04. The maximum absolute atomic E-state index is 12.5. The van der Waals surface area contributed by atoms with Gasteiger partial charge in [-0.1, -0.05) is 25.6 Å². The van der Waals surface area contributed by atoms with Gasteiger partial charge in [0, 0.05) is 58.2 Å². The molecule has 13 nitrogen and oxygen atoms in total. The molecule has 0 bridgehead atoms. The third-order valence-corrected chi connectivity index (χ3v) is 6.97. The Labute approximate surface area is 248 Å². The topological polar surface area (TPSA) is 147 Å². The van der Waals surface area contributed by atoms with Crippen molar-refractivity contribution < 1.29 is 43.2 Å². The summed E-state index contributed by atoms with van der Waals surface area (Å²) >= 11 is 1.20. The van der Waals surface area contributed by atoms with Gasteiger partial charge in [0.25, 0.3) is 0 Å². The molecule has 0 aliphatic carbocycles. The van der Waals surface area contributed by atoms with Crippen molar-refractivity contribution in [2.75, 3.05) is 125 Å². The summed E-state index contributed by atoms with van der Waals surface area (Å²) < 4.78 is 21.7. The summed E-state index contributed by atoms with van der Waals surface area (Å²) in [4.78, 5) is 53.1. The maximum atomic E-state index is 12.5. The van der Waals surface area contributed by atoms with Crippen LogP contribution < -0.4 is 5.32 Å². The van der Waals surface area contributed by atoms with Crippen LogP contribution in [0, 0.1) is 5.92 Å². The Morgan fingerprint density at radius 1 is 0.707 bits per heavy atom. The average molecular weight is 607 g/mol. The van der Waals surface area contributed by atoms with Crippen molar-refractivity contribution in [3.63, 3.8) is 0 Å². The van der Waals surface area contributed by atoms with Gasteiger partial charge < -0.3 is 29.4 Å². The third kappa shape index (κ3) is 20.8.